The molecule has 31 heavy (non-hydrogen) atoms. The maximum atomic E-state index is 12.8. The second kappa shape index (κ2) is 6.82. The molecule has 0 aliphatic carbocycles. The number of nitrogens with one attached hydrogen (secondary N) is 2. The van der Waals surface area contributed by atoms with Crippen molar-refractivity contribution in [3.05, 3.63) is 41.4 Å². The van der Waals surface area contributed by atoms with E-state index in [-0.39, 0.29) is 17.7 Å². The Kier molecular flexibility index (Phi) is 4.31. The van der Waals surface area contributed by atoms with Crippen molar-refractivity contribution in [1.29, 1.82) is 0 Å². The van der Waals surface area contributed by atoms with Gasteiger partial charge in [0.15, 0.2) is 5.82 Å². The lowest BCUT2D eigenvalue weighted by Gasteiger charge is -2.14. The summed E-state index contributed by atoms with van der Waals surface area (Å²) in [7, 11) is 0. The number of anilines is 2. The molecule has 0 unspecified atom stereocenters. The second-order valence-corrected chi connectivity index (χ2v) is 7.95. The van der Waals surface area contributed by atoms with Gasteiger partial charge in [-0.3, -0.25) is 9.48 Å². The molecule has 2 aliphatic heterocycles. The molecular formula is C20H19F3N6O2. The molecule has 1 aromatic carbocycles. The Morgan fingerprint density at radius 2 is 2.00 bits per heavy atom. The number of aryl methyl sites for hydroxylation is 1. The molecule has 3 aromatic rings. The van der Waals surface area contributed by atoms with Crippen molar-refractivity contribution in [2.75, 3.05) is 11.9 Å². The number of hydrogen-bond acceptors (Lipinski definition) is 6. The van der Waals surface area contributed by atoms with Crippen LogP contribution in [0, 0.1) is 0 Å². The van der Waals surface area contributed by atoms with E-state index in [0.29, 0.717) is 30.0 Å². The van der Waals surface area contributed by atoms with Crippen LogP contribution in [0.25, 0.3) is 11.5 Å². The van der Waals surface area contributed by atoms with Crippen LogP contribution in [0.4, 0.5) is 24.7 Å². The van der Waals surface area contributed by atoms with E-state index in [0.717, 1.165) is 37.2 Å². The molecule has 2 aliphatic rings. The number of nitrogens with zero attached hydrogens (tertiary/aromatic N) is 4. The molecule has 1 atom stereocenters. The number of amides is 1. The lowest BCUT2D eigenvalue weighted by atomic mass is 9.89. The van der Waals surface area contributed by atoms with E-state index in [9.17, 15) is 18.0 Å². The van der Waals surface area contributed by atoms with Crippen molar-refractivity contribution in [3.63, 3.8) is 0 Å². The summed E-state index contributed by atoms with van der Waals surface area (Å²) in [5.74, 6) is 0.723. The number of fused-ring (bicyclic) bond motifs is 1. The maximum absolute atomic E-state index is 12.8. The zero-order valence-corrected chi connectivity index (χ0v) is 16.6. The lowest BCUT2D eigenvalue weighted by Crippen LogP contribution is -2.32. The summed E-state index contributed by atoms with van der Waals surface area (Å²) in [6, 6.07) is 4.71. The maximum Gasteiger partial charge on any atom is 0.416 e. The fourth-order valence-corrected chi connectivity index (χ4v) is 4.01. The van der Waals surface area contributed by atoms with Gasteiger partial charge in [-0.1, -0.05) is 0 Å². The first-order valence-corrected chi connectivity index (χ1v) is 9.92. The van der Waals surface area contributed by atoms with E-state index in [2.05, 4.69) is 25.9 Å². The summed E-state index contributed by atoms with van der Waals surface area (Å²) in [5, 5.41) is 18.7. The van der Waals surface area contributed by atoms with Crippen LogP contribution in [0.3, 0.4) is 0 Å². The fraction of sp³-hybridized carbons (Fsp3) is 0.400. The highest BCUT2D eigenvalue weighted by molar-refractivity contribution is 5.88. The number of carbonyl (C=O) groups is 1. The van der Waals surface area contributed by atoms with Crippen LogP contribution in [0.5, 0.6) is 0 Å². The van der Waals surface area contributed by atoms with Crippen molar-refractivity contribution in [2.24, 2.45) is 0 Å². The van der Waals surface area contributed by atoms with Crippen molar-refractivity contribution in [1.82, 2.24) is 25.3 Å². The van der Waals surface area contributed by atoms with Gasteiger partial charge in [-0.15, -0.1) is 10.2 Å². The van der Waals surface area contributed by atoms with Crippen molar-refractivity contribution in [2.45, 2.75) is 44.3 Å². The Balaban J connectivity index is 1.50. The van der Waals surface area contributed by atoms with Gasteiger partial charge in [-0.25, -0.2) is 0 Å². The summed E-state index contributed by atoms with van der Waals surface area (Å²) in [6.07, 6.45) is -2.18. The third-order valence-electron chi connectivity index (χ3n) is 5.84. The number of aromatic nitrogens is 4. The highest BCUT2D eigenvalue weighted by Crippen LogP contribution is 2.38. The van der Waals surface area contributed by atoms with Crippen LogP contribution < -0.4 is 10.6 Å². The molecule has 162 valence electrons. The molecule has 0 saturated carbocycles. The predicted molar refractivity (Wildman–Crippen MR) is 104 cm³/mol. The lowest BCUT2D eigenvalue weighted by molar-refractivity contribution is -0.137. The third-order valence-corrected chi connectivity index (χ3v) is 5.84. The Hall–Kier alpha value is -3.37. The molecule has 1 saturated heterocycles. The topological polar surface area (TPSA) is 97.9 Å². The number of halogens is 3. The number of hydrogen-bond donors (Lipinski definition) is 2. The van der Waals surface area contributed by atoms with Crippen LogP contribution in [-0.2, 0) is 29.4 Å². The molecule has 11 heteroatoms. The minimum Gasteiger partial charge on any atom is -0.419 e. The van der Waals surface area contributed by atoms with Crippen LogP contribution in [0.15, 0.2) is 28.7 Å². The van der Waals surface area contributed by atoms with Gasteiger partial charge in [-0.2, -0.15) is 18.3 Å². The van der Waals surface area contributed by atoms with Gasteiger partial charge in [0.05, 0.1) is 11.3 Å². The average Bonchev–Trinajstić information content (AvgIpc) is 3.47. The number of rotatable bonds is 4. The molecule has 2 N–H and O–H groups in total. The minimum atomic E-state index is -4.40. The average molecular weight is 432 g/mol. The molecule has 0 radical (unpaired) electrons. The van der Waals surface area contributed by atoms with E-state index in [4.69, 9.17) is 4.42 Å². The predicted octanol–water partition coefficient (Wildman–Crippen LogP) is 3.42. The largest absolute Gasteiger partial charge is 0.419 e. The van der Waals surface area contributed by atoms with E-state index < -0.39 is 17.2 Å². The van der Waals surface area contributed by atoms with Gasteiger partial charge in [0.1, 0.15) is 11.0 Å². The molecule has 1 amide bonds. The van der Waals surface area contributed by atoms with Gasteiger partial charge in [0.2, 0.25) is 11.8 Å². The van der Waals surface area contributed by atoms with Crippen LogP contribution in [0.1, 0.15) is 36.9 Å². The Morgan fingerprint density at radius 1 is 1.23 bits per heavy atom. The monoisotopic (exact) mass is 432 g/mol. The Labute approximate surface area is 174 Å². The highest BCUT2D eigenvalue weighted by atomic mass is 19.4. The van der Waals surface area contributed by atoms with E-state index in [1.807, 2.05) is 4.68 Å². The highest BCUT2D eigenvalue weighted by Gasteiger charge is 2.44. The van der Waals surface area contributed by atoms with E-state index >= 15 is 0 Å². The number of carbonyl (C=O) groups excluding carboxylic acids is 1. The first-order chi connectivity index (χ1) is 14.8. The van der Waals surface area contributed by atoms with Crippen LogP contribution in [-0.4, -0.2) is 32.4 Å². The minimum absolute atomic E-state index is 0.161. The number of benzene rings is 1. The zero-order valence-electron chi connectivity index (χ0n) is 16.6. The van der Waals surface area contributed by atoms with Gasteiger partial charge < -0.3 is 15.1 Å². The first-order valence-electron chi connectivity index (χ1n) is 9.92. The smallest absolute Gasteiger partial charge is 0.416 e. The van der Waals surface area contributed by atoms with Crippen molar-refractivity contribution in [3.8, 4) is 11.5 Å². The number of alkyl halides is 3. The molecule has 4 heterocycles. The zero-order chi connectivity index (χ0) is 21.8. The molecule has 0 spiro atoms. The summed E-state index contributed by atoms with van der Waals surface area (Å²) in [6.45, 7) is 3.02. The molecule has 0 bridgehead atoms. The molecule has 2 aromatic heterocycles. The van der Waals surface area contributed by atoms with Crippen LogP contribution in [0.2, 0.25) is 0 Å². The van der Waals surface area contributed by atoms with E-state index in [1.165, 1.54) is 12.1 Å². The van der Waals surface area contributed by atoms with Crippen molar-refractivity contribution >= 4 is 17.4 Å². The normalized spacial score (nSPS) is 20.7. The fourth-order valence-electron chi connectivity index (χ4n) is 4.01. The summed E-state index contributed by atoms with van der Waals surface area (Å²) >= 11 is 0. The van der Waals surface area contributed by atoms with Gasteiger partial charge in [-0.05, 0) is 50.5 Å². The van der Waals surface area contributed by atoms with Crippen molar-refractivity contribution < 1.29 is 22.4 Å². The SMILES string of the molecule is C[C@@]1(c2nnc(-c3c(Nc4ccc(C(F)(F)F)cc4)nn4c3CCC4)o2)CCNC1=O. The summed E-state index contributed by atoms with van der Waals surface area (Å²) in [5.41, 5.74) is 0.356. The molecular weight excluding hydrogens is 413 g/mol. The summed E-state index contributed by atoms with van der Waals surface area (Å²) in [4.78, 5) is 12.2. The summed E-state index contributed by atoms with van der Waals surface area (Å²) < 4.78 is 46.3. The standard InChI is InChI=1S/C20H19F3N6O2/c1-19(8-9-24-17(19)30)18-27-26-16(31-18)14-13-3-2-10-29(13)28-15(14)25-12-6-4-11(5-7-12)20(21,22)23/h4-7H,2-3,8-10H2,1H3,(H,24,30)(H,25,28)/t19-/m1/s1. The molecule has 1 fully saturated rings. The quantitative estimate of drug-likeness (QED) is 0.656. The molecule has 5 rings (SSSR count). The second-order valence-electron chi connectivity index (χ2n) is 7.95. The first kappa shape index (κ1) is 19.6. The Morgan fingerprint density at radius 3 is 2.68 bits per heavy atom. The van der Waals surface area contributed by atoms with E-state index in [1.54, 1.807) is 6.92 Å². The van der Waals surface area contributed by atoms with Crippen LogP contribution >= 0.6 is 0 Å². The molecule has 8 nitrogen and oxygen atoms in total. The third kappa shape index (κ3) is 3.24. The Bertz CT molecular complexity index is 1150. The van der Waals surface area contributed by atoms with Gasteiger partial charge >= 0.3 is 6.18 Å². The van der Waals surface area contributed by atoms with Gasteiger partial charge in [0, 0.05) is 18.8 Å². The van der Waals surface area contributed by atoms with Gasteiger partial charge in [0.25, 0.3) is 5.89 Å².